The molecule has 3 rings (SSSR count). The summed E-state index contributed by atoms with van der Waals surface area (Å²) in [5.74, 6) is 1.81. The zero-order chi connectivity index (χ0) is 11.7. The van der Waals surface area contributed by atoms with Gasteiger partial charge in [0.1, 0.15) is 5.82 Å². The van der Waals surface area contributed by atoms with Crippen LogP contribution in [-0.2, 0) is 24.2 Å². The molecule has 0 atom stereocenters. The Labute approximate surface area is 100 Å². The zero-order valence-electron chi connectivity index (χ0n) is 10.00. The summed E-state index contributed by atoms with van der Waals surface area (Å²) in [6, 6.07) is 0. The van der Waals surface area contributed by atoms with Crippen molar-refractivity contribution < 1.29 is 4.74 Å². The molecule has 0 saturated heterocycles. The van der Waals surface area contributed by atoms with Crippen LogP contribution in [0.5, 0.6) is 0 Å². The maximum atomic E-state index is 11.8. The third-order valence-electron chi connectivity index (χ3n) is 3.60. The number of ether oxygens (including phenoxy) is 1. The Morgan fingerprint density at radius 3 is 3.12 bits per heavy atom. The zero-order valence-corrected chi connectivity index (χ0v) is 10.00. The summed E-state index contributed by atoms with van der Waals surface area (Å²) < 4.78 is 5.28. The van der Waals surface area contributed by atoms with Crippen molar-refractivity contribution in [2.75, 3.05) is 6.61 Å². The number of aryl methyl sites for hydroxylation is 1. The predicted octanol–water partition coefficient (Wildman–Crippen LogP) is 1.58. The number of aromatic amines is 1. The highest BCUT2D eigenvalue weighted by Crippen LogP contribution is 2.33. The number of hydrogen-bond donors (Lipinski definition) is 1. The summed E-state index contributed by atoms with van der Waals surface area (Å²) in [7, 11) is 0. The van der Waals surface area contributed by atoms with Crippen LogP contribution < -0.4 is 5.56 Å². The largest absolute Gasteiger partial charge is 0.376 e. The Balaban J connectivity index is 1.71. The fourth-order valence-corrected chi connectivity index (χ4v) is 2.38. The third kappa shape index (κ3) is 2.57. The minimum absolute atomic E-state index is 0.00359. The molecule has 2 aliphatic rings. The molecule has 1 aromatic heterocycles. The van der Waals surface area contributed by atoms with Gasteiger partial charge in [-0.2, -0.15) is 0 Å². The van der Waals surface area contributed by atoms with E-state index in [0.717, 1.165) is 42.3 Å². The summed E-state index contributed by atoms with van der Waals surface area (Å²) in [5.41, 5.74) is 1.67. The topological polar surface area (TPSA) is 55.0 Å². The quantitative estimate of drug-likeness (QED) is 0.860. The molecule has 0 amide bonds. The van der Waals surface area contributed by atoms with Gasteiger partial charge in [0.05, 0.1) is 24.5 Å². The van der Waals surface area contributed by atoms with E-state index in [9.17, 15) is 4.79 Å². The second-order valence-corrected chi connectivity index (χ2v) is 5.08. The van der Waals surface area contributed by atoms with Gasteiger partial charge in [0, 0.05) is 12.8 Å². The molecule has 1 saturated carbocycles. The second-order valence-electron chi connectivity index (χ2n) is 5.08. The number of H-pyrrole nitrogens is 1. The van der Waals surface area contributed by atoms with E-state index in [-0.39, 0.29) is 5.56 Å². The lowest BCUT2D eigenvalue weighted by Crippen LogP contribution is -2.25. The van der Waals surface area contributed by atoms with Crippen LogP contribution in [0.1, 0.15) is 42.8 Å². The van der Waals surface area contributed by atoms with Crippen molar-refractivity contribution in [3.05, 3.63) is 27.4 Å². The van der Waals surface area contributed by atoms with Crippen molar-refractivity contribution in [2.45, 2.75) is 45.1 Å². The van der Waals surface area contributed by atoms with Crippen LogP contribution in [0.4, 0.5) is 0 Å². The molecular weight excluding hydrogens is 216 g/mol. The molecule has 1 aliphatic carbocycles. The second kappa shape index (κ2) is 4.61. The normalized spacial score (nSPS) is 19.1. The summed E-state index contributed by atoms with van der Waals surface area (Å²) in [6.45, 7) is 1.10. The highest BCUT2D eigenvalue weighted by molar-refractivity contribution is 5.19. The Morgan fingerprint density at radius 2 is 2.29 bits per heavy atom. The minimum Gasteiger partial charge on any atom is -0.376 e. The minimum atomic E-state index is -0.00359. The van der Waals surface area contributed by atoms with E-state index in [2.05, 4.69) is 9.97 Å². The first-order chi connectivity index (χ1) is 8.33. The Morgan fingerprint density at radius 1 is 1.41 bits per heavy atom. The SMILES string of the molecule is O=c1[nH]c(CCCC2CC2)nc2c1COCC2. The molecule has 17 heavy (non-hydrogen) atoms. The highest BCUT2D eigenvalue weighted by atomic mass is 16.5. The van der Waals surface area contributed by atoms with Gasteiger partial charge in [-0.1, -0.05) is 19.3 Å². The van der Waals surface area contributed by atoms with Crippen molar-refractivity contribution >= 4 is 0 Å². The standard InChI is InChI=1S/C13H18N2O2/c16-13-10-8-17-7-6-11(10)14-12(15-13)3-1-2-9-4-5-9/h9H,1-8H2,(H,14,15,16). The maximum absolute atomic E-state index is 11.8. The van der Waals surface area contributed by atoms with Gasteiger partial charge in [0.25, 0.3) is 5.56 Å². The van der Waals surface area contributed by atoms with Crippen molar-refractivity contribution in [1.29, 1.82) is 0 Å². The van der Waals surface area contributed by atoms with Crippen LogP contribution >= 0.6 is 0 Å². The van der Waals surface area contributed by atoms with E-state index >= 15 is 0 Å². The molecule has 4 nitrogen and oxygen atoms in total. The van der Waals surface area contributed by atoms with E-state index in [1.165, 1.54) is 19.3 Å². The molecule has 92 valence electrons. The van der Waals surface area contributed by atoms with E-state index in [1.807, 2.05) is 0 Å². The molecule has 0 unspecified atom stereocenters. The number of rotatable bonds is 4. The molecule has 0 aromatic carbocycles. The Hall–Kier alpha value is -1.16. The van der Waals surface area contributed by atoms with E-state index < -0.39 is 0 Å². The van der Waals surface area contributed by atoms with Crippen LogP contribution in [0, 0.1) is 5.92 Å². The molecule has 2 heterocycles. The van der Waals surface area contributed by atoms with Crippen LogP contribution in [0.3, 0.4) is 0 Å². The van der Waals surface area contributed by atoms with Crippen molar-refractivity contribution in [3.63, 3.8) is 0 Å². The summed E-state index contributed by atoms with van der Waals surface area (Å²) in [4.78, 5) is 19.3. The molecule has 0 spiro atoms. The third-order valence-corrected chi connectivity index (χ3v) is 3.60. The van der Waals surface area contributed by atoms with Gasteiger partial charge < -0.3 is 9.72 Å². The molecule has 0 radical (unpaired) electrons. The number of hydrogen-bond acceptors (Lipinski definition) is 3. The van der Waals surface area contributed by atoms with E-state index in [0.29, 0.717) is 13.2 Å². The number of nitrogens with zero attached hydrogens (tertiary/aromatic N) is 1. The number of nitrogens with one attached hydrogen (secondary N) is 1. The van der Waals surface area contributed by atoms with Gasteiger partial charge in [0.2, 0.25) is 0 Å². The van der Waals surface area contributed by atoms with Crippen LogP contribution in [0.2, 0.25) is 0 Å². The molecule has 1 aromatic rings. The average Bonchev–Trinajstić information content (AvgIpc) is 3.13. The fourth-order valence-electron chi connectivity index (χ4n) is 2.38. The first-order valence-corrected chi connectivity index (χ1v) is 6.51. The van der Waals surface area contributed by atoms with Gasteiger partial charge in [-0.15, -0.1) is 0 Å². The van der Waals surface area contributed by atoms with Crippen LogP contribution in [-0.4, -0.2) is 16.6 Å². The van der Waals surface area contributed by atoms with Gasteiger partial charge in [-0.3, -0.25) is 4.79 Å². The lowest BCUT2D eigenvalue weighted by Gasteiger charge is -2.15. The van der Waals surface area contributed by atoms with Gasteiger partial charge in [-0.05, 0) is 12.3 Å². The summed E-state index contributed by atoms with van der Waals surface area (Å²) >= 11 is 0. The lowest BCUT2D eigenvalue weighted by atomic mass is 10.1. The van der Waals surface area contributed by atoms with E-state index in [1.54, 1.807) is 0 Å². The van der Waals surface area contributed by atoms with Gasteiger partial charge in [0.15, 0.2) is 0 Å². The number of aromatic nitrogens is 2. The van der Waals surface area contributed by atoms with Crippen LogP contribution in [0.25, 0.3) is 0 Å². The Kier molecular flexibility index (Phi) is 2.97. The van der Waals surface area contributed by atoms with Crippen molar-refractivity contribution in [3.8, 4) is 0 Å². The monoisotopic (exact) mass is 234 g/mol. The first-order valence-electron chi connectivity index (χ1n) is 6.51. The maximum Gasteiger partial charge on any atom is 0.256 e. The number of fused-ring (bicyclic) bond motifs is 1. The lowest BCUT2D eigenvalue weighted by molar-refractivity contribution is 0.108. The van der Waals surface area contributed by atoms with Crippen LogP contribution in [0.15, 0.2) is 4.79 Å². The van der Waals surface area contributed by atoms with Crippen molar-refractivity contribution in [1.82, 2.24) is 9.97 Å². The Bertz CT molecular complexity index is 463. The van der Waals surface area contributed by atoms with Gasteiger partial charge in [-0.25, -0.2) is 4.98 Å². The van der Waals surface area contributed by atoms with E-state index in [4.69, 9.17) is 4.74 Å². The van der Waals surface area contributed by atoms with Crippen molar-refractivity contribution in [2.24, 2.45) is 5.92 Å². The smallest absolute Gasteiger partial charge is 0.256 e. The summed E-state index contributed by atoms with van der Waals surface area (Å²) in [6.07, 6.45) is 6.89. The first kappa shape index (κ1) is 11.0. The average molecular weight is 234 g/mol. The highest BCUT2D eigenvalue weighted by Gasteiger charge is 2.21. The molecule has 0 bridgehead atoms. The molecule has 1 fully saturated rings. The molecule has 1 N–H and O–H groups in total. The summed E-state index contributed by atoms with van der Waals surface area (Å²) in [5, 5.41) is 0. The fraction of sp³-hybridized carbons (Fsp3) is 0.692. The molecule has 1 aliphatic heterocycles. The molecule has 4 heteroatoms. The molecular formula is C13H18N2O2. The van der Waals surface area contributed by atoms with Gasteiger partial charge >= 0.3 is 0 Å². The predicted molar refractivity (Wildman–Crippen MR) is 63.9 cm³/mol.